The summed E-state index contributed by atoms with van der Waals surface area (Å²) < 4.78 is 11.4. The van der Waals surface area contributed by atoms with Crippen molar-refractivity contribution in [3.05, 3.63) is 58.1 Å². The van der Waals surface area contributed by atoms with Gasteiger partial charge < -0.3 is 9.47 Å². The fourth-order valence-corrected chi connectivity index (χ4v) is 3.36. The van der Waals surface area contributed by atoms with Crippen LogP contribution in [-0.4, -0.2) is 31.1 Å². The highest BCUT2D eigenvalue weighted by Gasteiger charge is 2.37. The van der Waals surface area contributed by atoms with Gasteiger partial charge in [-0.15, -0.1) is 0 Å². The fourth-order valence-electron chi connectivity index (χ4n) is 3.19. The number of halogens is 1. The number of aryl methyl sites for hydroxylation is 1. The van der Waals surface area contributed by atoms with E-state index in [0.717, 1.165) is 17.7 Å². The van der Waals surface area contributed by atoms with Gasteiger partial charge in [-0.25, -0.2) is 9.69 Å². The number of unbranched alkanes of at least 4 members (excludes halogenated alkanes) is 1. The van der Waals surface area contributed by atoms with Crippen molar-refractivity contribution in [1.29, 1.82) is 0 Å². The van der Waals surface area contributed by atoms with Crippen LogP contribution in [0.25, 0.3) is 6.08 Å². The number of nitrogens with zero attached hydrogens (tertiary/aromatic N) is 1. The maximum absolute atomic E-state index is 13.1. The maximum atomic E-state index is 13.1. The minimum Gasteiger partial charge on any atom is -0.490 e. The highest BCUT2D eigenvalue weighted by atomic mass is 35.5. The van der Waals surface area contributed by atoms with Crippen molar-refractivity contribution in [2.45, 2.75) is 33.6 Å². The number of rotatable bonds is 8. The lowest BCUT2D eigenvalue weighted by atomic mass is 10.1. The standard InChI is InChI=1S/C24H25ClN2O5/c1-4-6-11-32-20-10-8-16(13-21(20)31-5-2)12-18-22(28)26-24(30)27(23(18)29)19-14-17(25)9-7-15(19)3/h7-10,12-14H,4-6,11H2,1-3H3,(H,26,28,30). The Hall–Kier alpha value is -3.32. The summed E-state index contributed by atoms with van der Waals surface area (Å²) in [6.45, 7) is 6.68. The van der Waals surface area contributed by atoms with Gasteiger partial charge in [-0.2, -0.15) is 0 Å². The smallest absolute Gasteiger partial charge is 0.335 e. The number of hydrogen-bond acceptors (Lipinski definition) is 5. The molecule has 0 bridgehead atoms. The molecule has 32 heavy (non-hydrogen) atoms. The van der Waals surface area contributed by atoms with Gasteiger partial charge in [-0.3, -0.25) is 14.9 Å². The van der Waals surface area contributed by atoms with E-state index in [1.165, 1.54) is 12.1 Å². The first-order valence-electron chi connectivity index (χ1n) is 10.4. The third kappa shape index (κ3) is 5.11. The average molecular weight is 457 g/mol. The number of amides is 4. The normalized spacial score (nSPS) is 15.2. The van der Waals surface area contributed by atoms with E-state index in [9.17, 15) is 14.4 Å². The van der Waals surface area contributed by atoms with Crippen LogP contribution < -0.4 is 19.7 Å². The Morgan fingerprint density at radius 2 is 1.81 bits per heavy atom. The first-order valence-corrected chi connectivity index (χ1v) is 10.8. The highest BCUT2D eigenvalue weighted by Crippen LogP contribution is 2.31. The van der Waals surface area contributed by atoms with Crippen molar-refractivity contribution in [2.75, 3.05) is 18.1 Å². The van der Waals surface area contributed by atoms with Crippen LogP contribution in [0.15, 0.2) is 42.0 Å². The number of imide groups is 2. The molecule has 0 saturated carbocycles. The van der Waals surface area contributed by atoms with E-state index in [0.29, 0.717) is 46.5 Å². The minimum absolute atomic E-state index is 0.175. The van der Waals surface area contributed by atoms with Gasteiger partial charge in [0.05, 0.1) is 18.9 Å². The van der Waals surface area contributed by atoms with E-state index in [4.69, 9.17) is 21.1 Å². The Morgan fingerprint density at radius 3 is 2.53 bits per heavy atom. The van der Waals surface area contributed by atoms with Crippen LogP contribution >= 0.6 is 11.6 Å². The van der Waals surface area contributed by atoms with Crippen molar-refractivity contribution >= 4 is 41.2 Å². The molecule has 168 valence electrons. The second-order valence-electron chi connectivity index (χ2n) is 7.23. The lowest BCUT2D eigenvalue weighted by Crippen LogP contribution is -2.54. The van der Waals surface area contributed by atoms with Crippen molar-refractivity contribution in [2.24, 2.45) is 0 Å². The van der Waals surface area contributed by atoms with Gasteiger partial charge in [0.2, 0.25) is 0 Å². The number of carbonyl (C=O) groups is 3. The summed E-state index contributed by atoms with van der Waals surface area (Å²) in [7, 11) is 0. The van der Waals surface area contributed by atoms with E-state index in [1.807, 2.05) is 6.92 Å². The first kappa shape index (κ1) is 23.3. The average Bonchev–Trinajstić information content (AvgIpc) is 2.75. The summed E-state index contributed by atoms with van der Waals surface area (Å²) >= 11 is 6.06. The molecular formula is C24H25ClN2O5. The number of ether oxygens (including phenoxy) is 2. The predicted molar refractivity (Wildman–Crippen MR) is 123 cm³/mol. The Bertz CT molecular complexity index is 1080. The Kier molecular flexibility index (Phi) is 7.53. The van der Waals surface area contributed by atoms with Crippen LogP contribution in [0.4, 0.5) is 10.5 Å². The summed E-state index contributed by atoms with van der Waals surface area (Å²) in [6.07, 6.45) is 3.35. The van der Waals surface area contributed by atoms with E-state index < -0.39 is 17.8 Å². The first-order chi connectivity index (χ1) is 15.3. The summed E-state index contributed by atoms with van der Waals surface area (Å²) in [5.74, 6) is -0.393. The molecule has 4 amide bonds. The molecular weight excluding hydrogens is 432 g/mol. The molecule has 1 aliphatic heterocycles. The number of anilines is 1. The molecule has 0 radical (unpaired) electrons. The molecule has 1 N–H and O–H groups in total. The molecule has 0 unspecified atom stereocenters. The number of benzene rings is 2. The van der Waals surface area contributed by atoms with Gasteiger partial charge in [-0.1, -0.05) is 37.1 Å². The number of barbiturate groups is 1. The lowest BCUT2D eigenvalue weighted by molar-refractivity contribution is -0.122. The van der Waals surface area contributed by atoms with Gasteiger partial charge in [0.25, 0.3) is 11.8 Å². The molecule has 0 spiro atoms. The van der Waals surface area contributed by atoms with E-state index in [2.05, 4.69) is 12.2 Å². The molecule has 1 aliphatic rings. The summed E-state index contributed by atoms with van der Waals surface area (Å²) in [5.41, 5.74) is 1.37. The van der Waals surface area contributed by atoms with Crippen LogP contribution in [0.5, 0.6) is 11.5 Å². The molecule has 1 fully saturated rings. The topological polar surface area (TPSA) is 84.9 Å². The summed E-state index contributed by atoms with van der Waals surface area (Å²) in [6, 6.07) is 9.21. The van der Waals surface area contributed by atoms with Gasteiger partial charge in [-0.05, 0) is 61.7 Å². The molecule has 3 rings (SSSR count). The minimum atomic E-state index is -0.822. The van der Waals surface area contributed by atoms with Gasteiger partial charge in [0.15, 0.2) is 11.5 Å². The molecule has 0 aromatic heterocycles. The largest absolute Gasteiger partial charge is 0.490 e. The second kappa shape index (κ2) is 10.3. The molecule has 7 nitrogen and oxygen atoms in total. The third-order valence-electron chi connectivity index (χ3n) is 4.85. The molecule has 1 heterocycles. The second-order valence-corrected chi connectivity index (χ2v) is 7.67. The Labute approximate surface area is 191 Å². The van der Waals surface area contributed by atoms with Crippen LogP contribution in [0.1, 0.15) is 37.8 Å². The number of urea groups is 1. The zero-order valence-corrected chi connectivity index (χ0v) is 19.0. The van der Waals surface area contributed by atoms with E-state index in [-0.39, 0.29) is 5.57 Å². The quantitative estimate of drug-likeness (QED) is 0.347. The zero-order chi connectivity index (χ0) is 23.3. The van der Waals surface area contributed by atoms with Crippen LogP contribution in [0.2, 0.25) is 5.02 Å². The molecule has 8 heteroatoms. The predicted octanol–water partition coefficient (Wildman–Crippen LogP) is 4.89. The fraction of sp³-hybridized carbons (Fsp3) is 0.292. The van der Waals surface area contributed by atoms with Crippen LogP contribution in [0.3, 0.4) is 0 Å². The number of carbonyl (C=O) groups excluding carboxylic acids is 3. The van der Waals surface area contributed by atoms with Gasteiger partial charge >= 0.3 is 6.03 Å². The lowest BCUT2D eigenvalue weighted by Gasteiger charge is -2.27. The number of nitrogens with one attached hydrogen (secondary N) is 1. The molecule has 2 aromatic carbocycles. The SMILES string of the molecule is CCCCOc1ccc(C=C2C(=O)NC(=O)N(c3cc(Cl)ccc3C)C2=O)cc1OCC. The van der Waals surface area contributed by atoms with Crippen LogP contribution in [0, 0.1) is 6.92 Å². The third-order valence-corrected chi connectivity index (χ3v) is 5.08. The highest BCUT2D eigenvalue weighted by molar-refractivity contribution is 6.39. The summed E-state index contributed by atoms with van der Waals surface area (Å²) in [5, 5.41) is 2.59. The molecule has 1 saturated heterocycles. The van der Waals surface area contributed by atoms with Gasteiger partial charge in [0, 0.05) is 5.02 Å². The Morgan fingerprint density at radius 1 is 1.03 bits per heavy atom. The van der Waals surface area contributed by atoms with E-state index in [1.54, 1.807) is 37.3 Å². The monoisotopic (exact) mass is 456 g/mol. The maximum Gasteiger partial charge on any atom is 0.335 e. The van der Waals surface area contributed by atoms with Crippen molar-refractivity contribution < 1.29 is 23.9 Å². The van der Waals surface area contributed by atoms with Crippen molar-refractivity contribution in [1.82, 2.24) is 5.32 Å². The van der Waals surface area contributed by atoms with Crippen molar-refractivity contribution in [3.8, 4) is 11.5 Å². The van der Waals surface area contributed by atoms with E-state index >= 15 is 0 Å². The molecule has 2 aromatic rings. The van der Waals surface area contributed by atoms with Crippen molar-refractivity contribution in [3.63, 3.8) is 0 Å². The molecule has 0 atom stereocenters. The summed E-state index contributed by atoms with van der Waals surface area (Å²) in [4.78, 5) is 39.0. The van der Waals surface area contributed by atoms with Crippen LogP contribution in [-0.2, 0) is 9.59 Å². The Balaban J connectivity index is 1.96. The zero-order valence-electron chi connectivity index (χ0n) is 18.2. The number of hydrogen-bond donors (Lipinski definition) is 1. The van der Waals surface area contributed by atoms with Gasteiger partial charge in [0.1, 0.15) is 5.57 Å². The molecule has 0 aliphatic carbocycles.